The molecule has 178 valence electrons. The zero-order valence-electron chi connectivity index (χ0n) is 18.2. The number of aromatic nitrogens is 3. The average molecular weight is 473 g/mol. The topological polar surface area (TPSA) is 94.9 Å². The highest BCUT2D eigenvalue weighted by Gasteiger charge is 2.44. The fourth-order valence-corrected chi connectivity index (χ4v) is 4.79. The first-order valence-electron chi connectivity index (χ1n) is 10.8. The second kappa shape index (κ2) is 8.19. The number of nitrogens with zero attached hydrogens (tertiary/aromatic N) is 5. The van der Waals surface area contributed by atoms with Gasteiger partial charge in [-0.1, -0.05) is 12.1 Å². The Labute approximate surface area is 192 Å². The summed E-state index contributed by atoms with van der Waals surface area (Å²) >= 11 is 0. The summed E-state index contributed by atoms with van der Waals surface area (Å²) in [4.78, 5) is 28.3. The number of urea groups is 1. The van der Waals surface area contributed by atoms with Crippen LogP contribution in [0.15, 0.2) is 42.6 Å². The molecule has 4 heterocycles. The van der Waals surface area contributed by atoms with Gasteiger partial charge in [0.05, 0.1) is 11.3 Å². The van der Waals surface area contributed by atoms with Gasteiger partial charge in [0.15, 0.2) is 5.65 Å². The van der Waals surface area contributed by atoms with E-state index >= 15 is 0 Å². The highest BCUT2D eigenvalue weighted by Crippen LogP contribution is 2.40. The van der Waals surface area contributed by atoms with Crippen LogP contribution in [0.3, 0.4) is 0 Å². The smallest absolute Gasteiger partial charge is 0.370 e. The van der Waals surface area contributed by atoms with Gasteiger partial charge in [0.2, 0.25) is 5.82 Å². The van der Waals surface area contributed by atoms with Crippen molar-refractivity contribution in [3.05, 3.63) is 54.0 Å². The Balaban J connectivity index is 1.31. The van der Waals surface area contributed by atoms with Crippen LogP contribution in [0.1, 0.15) is 16.2 Å². The molecule has 0 radical (unpaired) electrons. The van der Waals surface area contributed by atoms with Crippen molar-refractivity contribution in [2.75, 3.05) is 43.4 Å². The van der Waals surface area contributed by atoms with Crippen LogP contribution in [0.4, 0.5) is 29.3 Å². The molecule has 0 bridgehead atoms. The average Bonchev–Trinajstić information content (AvgIpc) is 3.51. The fourth-order valence-electron chi connectivity index (χ4n) is 4.79. The Morgan fingerprint density at radius 3 is 2.38 bits per heavy atom. The number of amides is 3. The van der Waals surface area contributed by atoms with E-state index in [0.717, 1.165) is 6.07 Å². The van der Waals surface area contributed by atoms with Gasteiger partial charge in [0.1, 0.15) is 0 Å². The van der Waals surface area contributed by atoms with Crippen LogP contribution in [0.25, 0.3) is 5.65 Å². The minimum absolute atomic E-state index is 0.0647. The van der Waals surface area contributed by atoms with Gasteiger partial charge >= 0.3 is 12.2 Å². The van der Waals surface area contributed by atoms with Crippen molar-refractivity contribution in [1.29, 1.82) is 0 Å². The first kappa shape index (κ1) is 22.0. The van der Waals surface area contributed by atoms with E-state index in [2.05, 4.69) is 20.8 Å². The van der Waals surface area contributed by atoms with E-state index in [1.54, 1.807) is 34.2 Å². The number of benzene rings is 1. The maximum atomic E-state index is 13.4. The van der Waals surface area contributed by atoms with Crippen molar-refractivity contribution in [2.45, 2.75) is 6.18 Å². The van der Waals surface area contributed by atoms with E-state index in [0.29, 0.717) is 37.5 Å². The molecular weight excluding hydrogens is 451 g/mol. The van der Waals surface area contributed by atoms with Crippen LogP contribution in [-0.4, -0.2) is 64.7 Å². The quantitative estimate of drug-likeness (QED) is 0.610. The lowest BCUT2D eigenvalue weighted by Gasteiger charge is -2.25. The Morgan fingerprint density at radius 2 is 1.71 bits per heavy atom. The SMILES string of the molecule is CNC(=O)Nc1ccc2nnc(C(=O)N3C[C@@H]4CN(c5ccccc5C(F)(F)F)C[C@@H]4C3)n2c1. The highest BCUT2D eigenvalue weighted by molar-refractivity contribution is 5.92. The number of pyridine rings is 1. The summed E-state index contributed by atoms with van der Waals surface area (Å²) in [6.45, 7) is 1.75. The lowest BCUT2D eigenvalue weighted by atomic mass is 10.0. The van der Waals surface area contributed by atoms with Crippen LogP contribution in [-0.2, 0) is 6.18 Å². The Hall–Kier alpha value is -3.83. The molecule has 0 aliphatic carbocycles. The predicted molar refractivity (Wildman–Crippen MR) is 118 cm³/mol. The molecule has 2 fully saturated rings. The van der Waals surface area contributed by atoms with Gasteiger partial charge in [0.25, 0.3) is 5.91 Å². The molecule has 2 atom stereocenters. The monoisotopic (exact) mass is 473 g/mol. The minimum Gasteiger partial charge on any atom is -0.370 e. The van der Waals surface area contributed by atoms with Crippen LogP contribution in [0.2, 0.25) is 0 Å². The van der Waals surface area contributed by atoms with E-state index < -0.39 is 17.8 Å². The van der Waals surface area contributed by atoms with Crippen molar-refractivity contribution in [1.82, 2.24) is 24.8 Å². The largest absolute Gasteiger partial charge is 0.418 e. The molecule has 5 rings (SSSR count). The number of likely N-dealkylation sites (tertiary alicyclic amines) is 1. The van der Waals surface area contributed by atoms with Gasteiger partial charge in [-0.05, 0) is 24.3 Å². The summed E-state index contributed by atoms with van der Waals surface area (Å²) in [6, 6.07) is 8.50. The third-order valence-corrected chi connectivity index (χ3v) is 6.40. The maximum absolute atomic E-state index is 13.4. The van der Waals surface area contributed by atoms with Crippen molar-refractivity contribution in [3.63, 3.8) is 0 Å². The molecule has 2 saturated heterocycles. The van der Waals surface area contributed by atoms with Gasteiger partial charge in [-0.15, -0.1) is 10.2 Å². The minimum atomic E-state index is -4.42. The number of anilines is 2. The molecular formula is C22H22F3N7O2. The normalized spacial score (nSPS) is 20.0. The molecule has 3 amide bonds. The number of halogens is 3. The number of para-hydroxylation sites is 1. The number of hydrogen-bond donors (Lipinski definition) is 2. The molecule has 0 spiro atoms. The van der Waals surface area contributed by atoms with Crippen molar-refractivity contribution in [3.8, 4) is 0 Å². The zero-order chi connectivity index (χ0) is 24.0. The van der Waals surface area contributed by atoms with Crippen molar-refractivity contribution < 1.29 is 22.8 Å². The number of hydrogen-bond acceptors (Lipinski definition) is 5. The number of fused-ring (bicyclic) bond motifs is 2. The van der Waals surface area contributed by atoms with E-state index in [-0.39, 0.29) is 29.3 Å². The standard InChI is InChI=1S/C22H22F3N7O2/c1-26-21(34)27-15-6-7-18-28-29-19(32(18)12-15)20(33)31-10-13-8-30(9-14(13)11-31)17-5-3-2-4-16(17)22(23,24)25/h2-7,12-14H,8-11H2,1H3,(H2,26,27,34)/t13-,14+. The van der Waals surface area contributed by atoms with Gasteiger partial charge < -0.3 is 20.4 Å². The lowest BCUT2D eigenvalue weighted by Crippen LogP contribution is -2.34. The van der Waals surface area contributed by atoms with E-state index in [4.69, 9.17) is 0 Å². The van der Waals surface area contributed by atoms with Crippen molar-refractivity contribution in [2.24, 2.45) is 11.8 Å². The fraction of sp³-hybridized carbons (Fsp3) is 0.364. The third kappa shape index (κ3) is 3.88. The van der Waals surface area contributed by atoms with E-state index in [1.165, 1.54) is 23.6 Å². The Morgan fingerprint density at radius 1 is 1.00 bits per heavy atom. The zero-order valence-corrected chi connectivity index (χ0v) is 18.2. The molecule has 2 aliphatic heterocycles. The Bertz CT molecular complexity index is 1240. The maximum Gasteiger partial charge on any atom is 0.418 e. The molecule has 2 aromatic heterocycles. The van der Waals surface area contributed by atoms with Crippen LogP contribution >= 0.6 is 0 Å². The molecule has 12 heteroatoms. The molecule has 2 N–H and O–H groups in total. The second-order valence-electron chi connectivity index (χ2n) is 8.52. The van der Waals surface area contributed by atoms with Gasteiger partial charge in [-0.25, -0.2) is 4.79 Å². The summed E-state index contributed by atoms with van der Waals surface area (Å²) in [7, 11) is 1.49. The molecule has 1 aromatic carbocycles. The third-order valence-electron chi connectivity index (χ3n) is 6.40. The molecule has 34 heavy (non-hydrogen) atoms. The molecule has 0 saturated carbocycles. The number of alkyl halides is 3. The van der Waals surface area contributed by atoms with Crippen LogP contribution in [0, 0.1) is 11.8 Å². The number of rotatable bonds is 3. The highest BCUT2D eigenvalue weighted by atomic mass is 19.4. The number of carbonyl (C=O) groups excluding carboxylic acids is 2. The Kier molecular flexibility index (Phi) is 5.29. The summed E-state index contributed by atoms with van der Waals surface area (Å²) in [6.07, 6.45) is -2.85. The van der Waals surface area contributed by atoms with Gasteiger partial charge in [-0.2, -0.15) is 13.2 Å². The predicted octanol–water partition coefficient (Wildman–Crippen LogP) is 2.71. The summed E-state index contributed by atoms with van der Waals surface area (Å²) < 4.78 is 41.8. The molecule has 3 aromatic rings. The van der Waals surface area contributed by atoms with E-state index in [1.807, 2.05) is 0 Å². The molecule has 0 unspecified atom stereocenters. The first-order chi connectivity index (χ1) is 16.2. The number of carbonyl (C=O) groups is 2. The first-order valence-corrected chi connectivity index (χ1v) is 10.8. The lowest BCUT2D eigenvalue weighted by molar-refractivity contribution is -0.137. The molecule has 2 aliphatic rings. The summed E-state index contributed by atoms with van der Waals surface area (Å²) in [5, 5.41) is 13.2. The summed E-state index contributed by atoms with van der Waals surface area (Å²) in [5.41, 5.74) is 0.471. The molecule has 9 nitrogen and oxygen atoms in total. The van der Waals surface area contributed by atoms with Crippen LogP contribution < -0.4 is 15.5 Å². The van der Waals surface area contributed by atoms with E-state index in [9.17, 15) is 22.8 Å². The second-order valence-corrected chi connectivity index (χ2v) is 8.52. The van der Waals surface area contributed by atoms with Crippen LogP contribution in [0.5, 0.6) is 0 Å². The van der Waals surface area contributed by atoms with Gasteiger partial charge in [0, 0.05) is 56.9 Å². The van der Waals surface area contributed by atoms with Gasteiger partial charge in [-0.3, -0.25) is 9.20 Å². The number of nitrogens with one attached hydrogen (secondary N) is 2. The van der Waals surface area contributed by atoms with Crippen molar-refractivity contribution >= 4 is 29.0 Å². The summed E-state index contributed by atoms with van der Waals surface area (Å²) in [5.74, 6) is -0.0548.